The summed E-state index contributed by atoms with van der Waals surface area (Å²) in [6, 6.07) is 21.3. The standard InChI is InChI=1S/2C12H15BN2/c2*1-10-9-14-7-8-15(12(14)13-10)11-5-3-2-4-6-11/h2*2-8,10H,9,13H2,1H3/t2*10-/m10/s1. The zero-order valence-electron chi connectivity index (χ0n) is 18.4. The molecule has 0 saturated carbocycles. The van der Waals surface area contributed by atoms with Gasteiger partial charge in [0.05, 0.1) is 24.5 Å². The summed E-state index contributed by atoms with van der Waals surface area (Å²) in [7, 11) is 0.0770. The lowest BCUT2D eigenvalue weighted by Gasteiger charge is -2.02. The van der Waals surface area contributed by atoms with Gasteiger partial charge in [0, 0.05) is 0 Å². The van der Waals surface area contributed by atoms with Crippen molar-refractivity contribution >= 4 is 26.0 Å². The number of imidazole rings is 2. The van der Waals surface area contributed by atoms with Gasteiger partial charge >= 0.3 is 0 Å². The summed E-state index contributed by atoms with van der Waals surface area (Å²) < 4.78 is 9.53. The first-order valence-corrected chi connectivity index (χ1v) is 11.6. The molecule has 0 N–H and O–H groups in total. The van der Waals surface area contributed by atoms with Gasteiger partial charge in [-0.05, 0) is 24.3 Å². The van der Waals surface area contributed by atoms with Crippen molar-refractivity contribution in [2.75, 3.05) is 0 Å². The molecule has 0 radical (unpaired) electrons. The second-order valence-corrected chi connectivity index (χ2v) is 9.77. The Morgan fingerprint density at radius 3 is 1.47 bits per heavy atom. The monoisotopic (exact) mass is 396 g/mol. The smallest absolute Gasteiger partial charge is 0.131 e. The SMILES string of the molecule is C[C@@H]1[BH2-]c2n(-c3ccccc3)cc[n+]2C1.C[C@H]1[BH2-]c2n(-c3ccccc3)cc[n+]2C1. The van der Waals surface area contributed by atoms with Gasteiger partial charge < -0.3 is 0 Å². The van der Waals surface area contributed by atoms with E-state index in [1.807, 2.05) is 0 Å². The van der Waals surface area contributed by atoms with Crippen molar-refractivity contribution in [3.05, 3.63) is 85.5 Å². The largest absolute Gasteiger partial charge is 0.274 e. The van der Waals surface area contributed by atoms with Crippen LogP contribution in [0.3, 0.4) is 0 Å². The predicted molar refractivity (Wildman–Crippen MR) is 127 cm³/mol. The minimum Gasteiger partial charge on any atom is -0.274 e. The van der Waals surface area contributed by atoms with Gasteiger partial charge in [-0.25, -0.2) is 9.13 Å². The molecule has 0 bridgehead atoms. The van der Waals surface area contributed by atoms with Crippen molar-refractivity contribution in [3.8, 4) is 11.4 Å². The van der Waals surface area contributed by atoms with Crippen LogP contribution in [0.4, 0.5) is 0 Å². The second kappa shape index (κ2) is 8.02. The van der Waals surface area contributed by atoms with Crippen LogP contribution in [-0.4, -0.2) is 23.7 Å². The number of para-hydroxylation sites is 2. The zero-order valence-corrected chi connectivity index (χ0v) is 18.4. The molecule has 0 amide bonds. The van der Waals surface area contributed by atoms with E-state index in [1.165, 1.54) is 24.5 Å². The molecule has 0 aliphatic carbocycles. The number of benzene rings is 2. The molecular formula is C24H30B2N4. The number of aromatic nitrogens is 4. The van der Waals surface area contributed by atoms with Gasteiger partial charge in [0.15, 0.2) is 0 Å². The molecule has 0 unspecified atom stereocenters. The van der Waals surface area contributed by atoms with Crippen molar-refractivity contribution in [2.24, 2.45) is 0 Å². The van der Waals surface area contributed by atoms with E-state index in [9.17, 15) is 0 Å². The van der Waals surface area contributed by atoms with Crippen LogP contribution in [0, 0.1) is 0 Å². The molecule has 4 nitrogen and oxygen atoms in total. The van der Waals surface area contributed by atoms with Crippen molar-refractivity contribution in [1.82, 2.24) is 9.13 Å². The number of hydrogen-bond donors (Lipinski definition) is 0. The highest BCUT2D eigenvalue weighted by molar-refractivity contribution is 6.53. The molecular weight excluding hydrogens is 366 g/mol. The lowest BCUT2D eigenvalue weighted by Crippen LogP contribution is -2.45. The minimum atomic E-state index is 0.0385. The molecule has 2 aromatic carbocycles. The lowest BCUT2D eigenvalue weighted by molar-refractivity contribution is -0.673. The van der Waals surface area contributed by atoms with Crippen LogP contribution in [0.15, 0.2) is 85.5 Å². The first kappa shape index (κ1) is 19.0. The van der Waals surface area contributed by atoms with Gasteiger partial charge in [0.1, 0.15) is 50.7 Å². The van der Waals surface area contributed by atoms with Crippen molar-refractivity contribution < 1.29 is 9.13 Å². The topological polar surface area (TPSA) is 17.6 Å². The first-order valence-electron chi connectivity index (χ1n) is 11.6. The van der Waals surface area contributed by atoms with Gasteiger partial charge in [-0.1, -0.05) is 50.2 Å². The average Bonchev–Trinajstić information content (AvgIpc) is 3.50. The molecule has 2 aliphatic heterocycles. The lowest BCUT2D eigenvalue weighted by atomic mass is 9.67. The maximum absolute atomic E-state index is 2.41. The molecule has 2 aliphatic rings. The third kappa shape index (κ3) is 3.62. The van der Waals surface area contributed by atoms with Crippen LogP contribution < -0.4 is 20.6 Å². The highest BCUT2D eigenvalue weighted by Gasteiger charge is 2.23. The Balaban J connectivity index is 0.000000128. The number of hydrogen-bond acceptors (Lipinski definition) is 0. The van der Waals surface area contributed by atoms with Crippen LogP contribution in [0.2, 0.25) is 11.6 Å². The molecule has 0 spiro atoms. The Hall–Kier alpha value is -3.01. The molecule has 2 atom stereocenters. The summed E-state index contributed by atoms with van der Waals surface area (Å²) >= 11 is 0. The summed E-state index contributed by atoms with van der Waals surface area (Å²) in [6.07, 6.45) is 8.82. The van der Waals surface area contributed by atoms with Gasteiger partial charge in [-0.15, -0.1) is 11.6 Å². The second-order valence-electron chi connectivity index (χ2n) is 9.77. The Kier molecular flexibility index (Phi) is 5.07. The molecule has 2 aromatic heterocycles. The maximum atomic E-state index is 2.41. The fourth-order valence-electron chi connectivity index (χ4n) is 5.57. The Morgan fingerprint density at radius 2 is 1.07 bits per heavy atom. The fourth-order valence-corrected chi connectivity index (χ4v) is 5.57. The number of fused-ring (bicyclic) bond motifs is 2. The summed E-state index contributed by atoms with van der Waals surface area (Å²) in [6.45, 7) is 7.16. The highest BCUT2D eigenvalue weighted by atomic mass is 15.2. The molecule has 152 valence electrons. The van der Waals surface area contributed by atoms with Crippen LogP contribution >= 0.6 is 0 Å². The van der Waals surface area contributed by atoms with E-state index in [0.29, 0.717) is 0 Å². The summed E-state index contributed by atoms with van der Waals surface area (Å²) in [5.41, 5.74) is 5.69. The fraction of sp³-hybridized carbons (Fsp3) is 0.250. The molecule has 4 heterocycles. The molecule has 30 heavy (non-hydrogen) atoms. The van der Waals surface area contributed by atoms with E-state index in [0.717, 1.165) is 11.6 Å². The quantitative estimate of drug-likeness (QED) is 0.352. The summed E-state index contributed by atoms with van der Waals surface area (Å²) in [5.74, 6) is 1.80. The van der Waals surface area contributed by atoms with Crippen LogP contribution in [0.5, 0.6) is 0 Å². The molecule has 0 fully saturated rings. The number of nitrogens with zero attached hydrogens (tertiary/aromatic N) is 4. The molecule has 6 heteroatoms. The third-order valence-corrected chi connectivity index (χ3v) is 7.01. The van der Waals surface area contributed by atoms with Crippen molar-refractivity contribution in [3.63, 3.8) is 0 Å². The van der Waals surface area contributed by atoms with E-state index in [1.54, 1.807) is 11.4 Å². The first-order chi connectivity index (χ1) is 14.7. The average molecular weight is 396 g/mol. The highest BCUT2D eigenvalue weighted by Crippen LogP contribution is 2.11. The van der Waals surface area contributed by atoms with E-state index in [4.69, 9.17) is 0 Å². The maximum Gasteiger partial charge on any atom is 0.131 e. The molecule has 4 aromatic rings. The molecule has 0 saturated heterocycles. The van der Waals surface area contributed by atoms with Gasteiger partial charge in [0.2, 0.25) is 0 Å². The Labute approximate surface area is 179 Å². The van der Waals surface area contributed by atoms with Crippen LogP contribution in [0.1, 0.15) is 13.8 Å². The molecule has 6 rings (SSSR count). The van der Waals surface area contributed by atoms with E-state index >= 15 is 0 Å². The summed E-state index contributed by atoms with van der Waals surface area (Å²) in [5, 5.41) is 0. The minimum absolute atomic E-state index is 0.0385. The predicted octanol–water partition coefficient (Wildman–Crippen LogP) is 0.762. The van der Waals surface area contributed by atoms with E-state index in [2.05, 4.69) is 118 Å². The van der Waals surface area contributed by atoms with Crippen LogP contribution in [0.25, 0.3) is 11.4 Å². The van der Waals surface area contributed by atoms with Crippen molar-refractivity contribution in [1.29, 1.82) is 0 Å². The van der Waals surface area contributed by atoms with Gasteiger partial charge in [-0.2, -0.15) is 0 Å². The Bertz CT molecular complexity index is 1040. The number of rotatable bonds is 2. The third-order valence-electron chi connectivity index (χ3n) is 7.01. The Morgan fingerprint density at radius 1 is 0.667 bits per heavy atom. The summed E-state index contributed by atoms with van der Waals surface area (Å²) in [4.78, 5) is 0. The van der Waals surface area contributed by atoms with E-state index in [-0.39, 0.29) is 14.6 Å². The van der Waals surface area contributed by atoms with Gasteiger partial charge in [0.25, 0.3) is 0 Å². The van der Waals surface area contributed by atoms with Crippen LogP contribution in [-0.2, 0) is 13.1 Å². The normalized spacial score (nSPS) is 19.1. The zero-order chi connectivity index (χ0) is 20.5. The van der Waals surface area contributed by atoms with Gasteiger partial charge in [-0.3, -0.25) is 9.13 Å². The van der Waals surface area contributed by atoms with E-state index < -0.39 is 0 Å². The van der Waals surface area contributed by atoms with Crippen molar-refractivity contribution in [2.45, 2.75) is 38.6 Å².